The van der Waals surface area contributed by atoms with E-state index in [-0.39, 0.29) is 24.1 Å². The normalized spacial score (nSPS) is 12.5. The van der Waals surface area contributed by atoms with Crippen molar-refractivity contribution in [1.29, 1.82) is 0 Å². The lowest BCUT2D eigenvalue weighted by molar-refractivity contribution is 0.0577. The van der Waals surface area contributed by atoms with Gasteiger partial charge in [-0.25, -0.2) is 0 Å². The molecule has 0 saturated heterocycles. The van der Waals surface area contributed by atoms with Crippen LogP contribution < -0.4 is 5.56 Å². The van der Waals surface area contributed by atoms with Gasteiger partial charge in [0, 0.05) is 18.8 Å². The summed E-state index contributed by atoms with van der Waals surface area (Å²) in [6, 6.07) is 3.02. The quantitative estimate of drug-likeness (QED) is 0.807. The molecule has 1 rings (SSSR count). The first-order valence-electron chi connectivity index (χ1n) is 5.60. The predicted octanol–water partition coefficient (Wildman–Crippen LogP) is 0.606. The minimum absolute atomic E-state index is 0.0725. The number of carbonyl (C=O) groups excluding carboxylic acids is 1. The van der Waals surface area contributed by atoms with E-state index in [0.29, 0.717) is 0 Å². The zero-order valence-electron chi connectivity index (χ0n) is 10.3. The third-order valence-electron chi connectivity index (χ3n) is 2.39. The Morgan fingerprint density at radius 2 is 2.12 bits per heavy atom. The fraction of sp³-hybridized carbons (Fsp3) is 0.500. The average molecular weight is 238 g/mol. The first kappa shape index (κ1) is 13.4. The molecule has 0 spiro atoms. The number of amides is 1. The summed E-state index contributed by atoms with van der Waals surface area (Å²) in [6.45, 7) is 5.51. The first-order valence-corrected chi connectivity index (χ1v) is 5.60. The molecule has 2 N–H and O–H groups in total. The Bertz CT molecular complexity index is 437. The Morgan fingerprint density at radius 1 is 1.47 bits per heavy atom. The van der Waals surface area contributed by atoms with Crippen LogP contribution >= 0.6 is 0 Å². The van der Waals surface area contributed by atoms with Crippen LogP contribution in [0.3, 0.4) is 0 Å². The summed E-state index contributed by atoms with van der Waals surface area (Å²) in [6.07, 6.45) is 0.858. The van der Waals surface area contributed by atoms with Crippen molar-refractivity contribution in [1.82, 2.24) is 9.88 Å². The molecule has 1 aromatic heterocycles. The number of hydrogen-bond acceptors (Lipinski definition) is 3. The van der Waals surface area contributed by atoms with Gasteiger partial charge < -0.3 is 15.0 Å². The number of nitrogens with zero attached hydrogens (tertiary/aromatic N) is 1. The van der Waals surface area contributed by atoms with Crippen LogP contribution in [-0.4, -0.2) is 39.6 Å². The van der Waals surface area contributed by atoms with Gasteiger partial charge in [0.15, 0.2) is 0 Å². The van der Waals surface area contributed by atoms with E-state index in [1.165, 1.54) is 17.2 Å². The van der Waals surface area contributed by atoms with E-state index in [1.807, 2.05) is 13.8 Å². The van der Waals surface area contributed by atoms with Gasteiger partial charge in [0.25, 0.3) is 11.5 Å². The van der Waals surface area contributed by atoms with Crippen LogP contribution in [-0.2, 0) is 0 Å². The third-order valence-corrected chi connectivity index (χ3v) is 2.39. The van der Waals surface area contributed by atoms with Crippen molar-refractivity contribution in [3.8, 4) is 0 Å². The van der Waals surface area contributed by atoms with Gasteiger partial charge in [-0.2, -0.15) is 0 Å². The van der Waals surface area contributed by atoms with Gasteiger partial charge in [-0.05, 0) is 32.9 Å². The van der Waals surface area contributed by atoms with Crippen LogP contribution in [0.5, 0.6) is 0 Å². The number of aliphatic hydroxyl groups excluding tert-OH is 1. The van der Waals surface area contributed by atoms with Crippen LogP contribution in [0.1, 0.15) is 31.1 Å². The van der Waals surface area contributed by atoms with E-state index in [0.717, 1.165) is 0 Å². The first-order chi connectivity index (χ1) is 7.93. The summed E-state index contributed by atoms with van der Waals surface area (Å²) in [7, 11) is 0. The molecule has 94 valence electrons. The smallest absolute Gasteiger partial charge is 0.260 e. The molecule has 1 heterocycles. The molecule has 1 unspecified atom stereocenters. The number of carbonyl (C=O) groups is 1. The van der Waals surface area contributed by atoms with Crippen LogP contribution in [0.15, 0.2) is 23.1 Å². The molecule has 0 fully saturated rings. The van der Waals surface area contributed by atoms with E-state index in [9.17, 15) is 14.7 Å². The number of aliphatic hydroxyl groups is 1. The van der Waals surface area contributed by atoms with Crippen molar-refractivity contribution < 1.29 is 9.90 Å². The zero-order chi connectivity index (χ0) is 13.0. The van der Waals surface area contributed by atoms with E-state index < -0.39 is 11.7 Å². The molecule has 0 bridgehead atoms. The van der Waals surface area contributed by atoms with Crippen molar-refractivity contribution >= 4 is 5.91 Å². The minimum Gasteiger partial charge on any atom is -0.392 e. The predicted molar refractivity (Wildman–Crippen MR) is 64.9 cm³/mol. The minimum atomic E-state index is -0.621. The van der Waals surface area contributed by atoms with Crippen LogP contribution in [0.4, 0.5) is 0 Å². The van der Waals surface area contributed by atoms with E-state index in [4.69, 9.17) is 0 Å². The van der Waals surface area contributed by atoms with Gasteiger partial charge in [0.1, 0.15) is 5.56 Å². The van der Waals surface area contributed by atoms with Crippen molar-refractivity contribution in [2.75, 3.05) is 6.54 Å². The lowest BCUT2D eigenvalue weighted by atomic mass is 10.2. The highest BCUT2D eigenvalue weighted by molar-refractivity contribution is 5.94. The van der Waals surface area contributed by atoms with Crippen molar-refractivity contribution in [3.05, 3.63) is 34.2 Å². The molecule has 5 nitrogen and oxygen atoms in total. The number of H-pyrrole nitrogens is 1. The second kappa shape index (κ2) is 5.63. The number of aromatic amines is 1. The van der Waals surface area contributed by atoms with Crippen LogP contribution in [0.25, 0.3) is 0 Å². The molecule has 1 aromatic rings. The highest BCUT2D eigenvalue weighted by Gasteiger charge is 2.22. The largest absolute Gasteiger partial charge is 0.392 e. The molecule has 1 amide bonds. The molecule has 0 saturated carbocycles. The number of nitrogens with one attached hydrogen (secondary N) is 1. The maximum atomic E-state index is 12.1. The highest BCUT2D eigenvalue weighted by Crippen LogP contribution is 2.06. The molecular weight excluding hydrogens is 220 g/mol. The molecule has 0 aliphatic rings. The third kappa shape index (κ3) is 3.42. The topological polar surface area (TPSA) is 73.4 Å². The van der Waals surface area contributed by atoms with Gasteiger partial charge in [0.2, 0.25) is 0 Å². The second-order valence-electron chi connectivity index (χ2n) is 4.31. The molecule has 0 aliphatic carbocycles. The van der Waals surface area contributed by atoms with Crippen molar-refractivity contribution in [3.63, 3.8) is 0 Å². The second-order valence-corrected chi connectivity index (χ2v) is 4.31. The molecular formula is C12H18N2O3. The molecule has 17 heavy (non-hydrogen) atoms. The number of aromatic nitrogens is 1. The Labute approximate surface area is 100 Å². The van der Waals surface area contributed by atoms with Crippen LogP contribution in [0, 0.1) is 0 Å². The number of rotatable bonds is 4. The van der Waals surface area contributed by atoms with Crippen molar-refractivity contribution in [2.45, 2.75) is 32.9 Å². The molecule has 0 aromatic carbocycles. The van der Waals surface area contributed by atoms with E-state index in [1.54, 1.807) is 13.0 Å². The molecule has 0 aliphatic heterocycles. The van der Waals surface area contributed by atoms with E-state index in [2.05, 4.69) is 4.98 Å². The highest BCUT2D eigenvalue weighted by atomic mass is 16.3. The summed E-state index contributed by atoms with van der Waals surface area (Å²) < 4.78 is 0. The van der Waals surface area contributed by atoms with Gasteiger partial charge in [-0.3, -0.25) is 9.59 Å². The van der Waals surface area contributed by atoms with Crippen molar-refractivity contribution in [2.24, 2.45) is 0 Å². The van der Waals surface area contributed by atoms with E-state index >= 15 is 0 Å². The average Bonchev–Trinajstić information content (AvgIpc) is 2.25. The number of pyridine rings is 1. The molecule has 5 heteroatoms. The maximum absolute atomic E-state index is 12.1. The lowest BCUT2D eigenvalue weighted by Gasteiger charge is -2.27. The van der Waals surface area contributed by atoms with Gasteiger partial charge in [0.05, 0.1) is 6.10 Å². The summed E-state index contributed by atoms with van der Waals surface area (Å²) in [5.41, 5.74) is -0.310. The Kier molecular flexibility index (Phi) is 4.45. The Morgan fingerprint density at radius 3 is 2.59 bits per heavy atom. The fourth-order valence-corrected chi connectivity index (χ4v) is 1.56. The SMILES string of the molecule is CC(O)CN(C(=O)c1ccc[nH]c1=O)C(C)C. The standard InChI is InChI=1S/C12H18N2O3/c1-8(2)14(7-9(3)15)12(17)10-5-4-6-13-11(10)16/h4-6,8-9,15H,7H2,1-3H3,(H,13,16). The summed E-state index contributed by atoms with van der Waals surface area (Å²) in [4.78, 5) is 27.6. The van der Waals surface area contributed by atoms with Gasteiger partial charge in [-0.15, -0.1) is 0 Å². The Balaban J connectivity index is 3.00. The maximum Gasteiger partial charge on any atom is 0.260 e. The lowest BCUT2D eigenvalue weighted by Crippen LogP contribution is -2.43. The summed E-state index contributed by atoms with van der Waals surface area (Å²) in [5, 5.41) is 9.36. The van der Waals surface area contributed by atoms with Crippen LogP contribution in [0.2, 0.25) is 0 Å². The van der Waals surface area contributed by atoms with Gasteiger partial charge in [-0.1, -0.05) is 0 Å². The van der Waals surface area contributed by atoms with Gasteiger partial charge >= 0.3 is 0 Å². The summed E-state index contributed by atoms with van der Waals surface area (Å²) >= 11 is 0. The summed E-state index contributed by atoms with van der Waals surface area (Å²) in [5.74, 6) is -0.359. The molecule has 1 atom stereocenters. The number of hydrogen-bond donors (Lipinski definition) is 2. The fourth-order valence-electron chi connectivity index (χ4n) is 1.56. The molecule has 0 radical (unpaired) electrons. The monoisotopic (exact) mass is 238 g/mol. The Hall–Kier alpha value is -1.62. The zero-order valence-corrected chi connectivity index (χ0v) is 10.3.